The normalized spacial score (nSPS) is 8.67. The van der Waals surface area contributed by atoms with Gasteiger partial charge < -0.3 is 0 Å². The second kappa shape index (κ2) is 8.52. The Balaban J connectivity index is 0.000000245. The van der Waals surface area contributed by atoms with Gasteiger partial charge in [-0.05, 0) is 0 Å². The molecular formula is C14H18Fe. The average Bonchev–Trinajstić information content (AvgIpc) is 2.92. The zero-order chi connectivity index (χ0) is 10.2. The van der Waals surface area contributed by atoms with Gasteiger partial charge in [-0.1, -0.05) is 26.7 Å². The minimum atomic E-state index is 0. The van der Waals surface area contributed by atoms with Crippen molar-refractivity contribution in [2.75, 3.05) is 0 Å². The first-order valence-corrected chi connectivity index (χ1v) is 5.28. The zero-order valence-corrected chi connectivity index (χ0v) is 10.5. The van der Waals surface area contributed by atoms with Crippen molar-refractivity contribution in [3.63, 3.8) is 0 Å². The predicted octanol–water partition coefficient (Wildman–Crippen LogP) is 3.93. The molecule has 0 fully saturated rings. The Hall–Kier alpha value is -0.781. The molecule has 0 amide bonds. The van der Waals surface area contributed by atoms with E-state index in [1.54, 1.807) is 0 Å². The zero-order valence-electron chi connectivity index (χ0n) is 9.39. The molecule has 0 saturated carbocycles. The summed E-state index contributed by atoms with van der Waals surface area (Å²) in [4.78, 5) is 0. The van der Waals surface area contributed by atoms with E-state index in [0.717, 1.165) is 12.8 Å². The summed E-state index contributed by atoms with van der Waals surface area (Å²) in [5.74, 6) is 0. The number of hydrogen-bond donors (Lipinski definition) is 0. The molecule has 0 unspecified atom stereocenters. The Bertz CT molecular complexity index is 269. The van der Waals surface area contributed by atoms with E-state index in [4.69, 9.17) is 0 Å². The van der Waals surface area contributed by atoms with Crippen molar-refractivity contribution in [3.8, 4) is 0 Å². The van der Waals surface area contributed by atoms with Crippen molar-refractivity contribution in [1.82, 2.24) is 0 Å². The molecule has 0 bridgehead atoms. The van der Waals surface area contributed by atoms with Crippen LogP contribution in [0.2, 0.25) is 0 Å². The van der Waals surface area contributed by atoms with Gasteiger partial charge in [-0.2, -0.15) is 35.4 Å². The third-order valence-electron chi connectivity index (χ3n) is 2.28. The molecule has 1 heteroatoms. The van der Waals surface area contributed by atoms with Crippen molar-refractivity contribution in [2.24, 2.45) is 0 Å². The summed E-state index contributed by atoms with van der Waals surface area (Å²) in [5, 5.41) is 0. The van der Waals surface area contributed by atoms with E-state index >= 15 is 0 Å². The third kappa shape index (κ3) is 5.61. The van der Waals surface area contributed by atoms with E-state index in [1.807, 2.05) is 0 Å². The third-order valence-corrected chi connectivity index (χ3v) is 2.28. The summed E-state index contributed by atoms with van der Waals surface area (Å²) >= 11 is 0. The summed E-state index contributed by atoms with van der Waals surface area (Å²) in [7, 11) is 0. The summed E-state index contributed by atoms with van der Waals surface area (Å²) in [6, 6.07) is 16.8. The van der Waals surface area contributed by atoms with Crippen LogP contribution in [0.25, 0.3) is 0 Å². The van der Waals surface area contributed by atoms with Crippen LogP contribution in [-0.2, 0) is 29.9 Å². The molecule has 0 aliphatic heterocycles. The second-order valence-electron chi connectivity index (χ2n) is 3.29. The molecule has 2 aromatic rings. The van der Waals surface area contributed by atoms with Gasteiger partial charge in [0.25, 0.3) is 0 Å². The van der Waals surface area contributed by atoms with E-state index in [-0.39, 0.29) is 17.1 Å². The van der Waals surface area contributed by atoms with Crippen LogP contribution in [-0.4, -0.2) is 0 Å². The SMILES string of the molecule is CCc1ccc[cH-]1.CCc1ccc[cH-]1.[Fe+2]. The second-order valence-corrected chi connectivity index (χ2v) is 3.29. The number of rotatable bonds is 2. The molecular weight excluding hydrogens is 224 g/mol. The maximum atomic E-state index is 2.16. The van der Waals surface area contributed by atoms with Crippen molar-refractivity contribution < 1.29 is 17.1 Å². The van der Waals surface area contributed by atoms with Crippen LogP contribution < -0.4 is 0 Å². The fourth-order valence-electron chi connectivity index (χ4n) is 1.30. The minimum absolute atomic E-state index is 0. The Labute approximate surface area is 104 Å². The van der Waals surface area contributed by atoms with Gasteiger partial charge in [0.15, 0.2) is 0 Å². The smallest absolute Gasteiger partial charge is 0.213 e. The van der Waals surface area contributed by atoms with Crippen LogP contribution in [0, 0.1) is 0 Å². The first-order valence-electron chi connectivity index (χ1n) is 5.28. The van der Waals surface area contributed by atoms with E-state index in [0.29, 0.717) is 0 Å². The Morgan fingerprint density at radius 1 is 0.867 bits per heavy atom. The molecule has 0 aliphatic rings. The van der Waals surface area contributed by atoms with Crippen LogP contribution >= 0.6 is 0 Å². The molecule has 0 radical (unpaired) electrons. The molecule has 0 spiro atoms. The van der Waals surface area contributed by atoms with E-state index in [1.165, 1.54) is 11.1 Å². The minimum Gasteiger partial charge on any atom is -0.213 e. The van der Waals surface area contributed by atoms with Gasteiger partial charge in [0, 0.05) is 0 Å². The van der Waals surface area contributed by atoms with Crippen LogP contribution in [0.1, 0.15) is 25.0 Å². The van der Waals surface area contributed by atoms with Crippen molar-refractivity contribution >= 4 is 0 Å². The molecule has 0 aliphatic carbocycles. The summed E-state index contributed by atoms with van der Waals surface area (Å²) in [6.45, 7) is 4.32. The Morgan fingerprint density at radius 3 is 1.40 bits per heavy atom. The fraction of sp³-hybridized carbons (Fsp3) is 0.286. The first-order chi connectivity index (χ1) is 6.86. The molecule has 15 heavy (non-hydrogen) atoms. The van der Waals surface area contributed by atoms with Gasteiger partial charge in [0.2, 0.25) is 0 Å². The Kier molecular flexibility index (Phi) is 8.08. The van der Waals surface area contributed by atoms with Crippen molar-refractivity contribution in [1.29, 1.82) is 0 Å². The van der Waals surface area contributed by atoms with Gasteiger partial charge in [0.1, 0.15) is 0 Å². The number of aryl methyl sites for hydroxylation is 2. The van der Waals surface area contributed by atoms with Crippen LogP contribution in [0.3, 0.4) is 0 Å². The van der Waals surface area contributed by atoms with Gasteiger partial charge >= 0.3 is 17.1 Å². The largest absolute Gasteiger partial charge is 2.00 e. The molecule has 0 saturated heterocycles. The molecule has 0 N–H and O–H groups in total. The summed E-state index contributed by atoms with van der Waals surface area (Å²) < 4.78 is 0. The van der Waals surface area contributed by atoms with Gasteiger partial charge in [-0.25, -0.2) is 24.3 Å². The molecule has 0 atom stereocenters. The van der Waals surface area contributed by atoms with Crippen molar-refractivity contribution in [2.45, 2.75) is 26.7 Å². The molecule has 0 aromatic heterocycles. The fourth-order valence-corrected chi connectivity index (χ4v) is 1.30. The standard InChI is InChI=1S/2C7H9.Fe/c2*1-2-7-5-3-4-6-7;/h2*3-6H,2H2,1H3;/q2*-1;+2. The topological polar surface area (TPSA) is 0 Å². The van der Waals surface area contributed by atoms with Crippen LogP contribution in [0.15, 0.2) is 48.5 Å². The van der Waals surface area contributed by atoms with Crippen LogP contribution in [0.5, 0.6) is 0 Å². The maximum absolute atomic E-state index is 2.16. The summed E-state index contributed by atoms with van der Waals surface area (Å²) in [5.41, 5.74) is 2.86. The molecule has 82 valence electrons. The quantitative estimate of drug-likeness (QED) is 0.552. The van der Waals surface area contributed by atoms with E-state index in [9.17, 15) is 0 Å². The van der Waals surface area contributed by atoms with E-state index in [2.05, 4.69) is 62.4 Å². The average molecular weight is 242 g/mol. The summed E-state index contributed by atoms with van der Waals surface area (Å²) in [6.07, 6.45) is 2.32. The molecule has 2 aromatic carbocycles. The van der Waals surface area contributed by atoms with Gasteiger partial charge in [-0.15, -0.1) is 0 Å². The van der Waals surface area contributed by atoms with Crippen molar-refractivity contribution in [3.05, 3.63) is 59.7 Å². The molecule has 0 nitrogen and oxygen atoms in total. The van der Waals surface area contributed by atoms with Crippen LogP contribution in [0.4, 0.5) is 0 Å². The van der Waals surface area contributed by atoms with Gasteiger partial charge in [-0.3, -0.25) is 0 Å². The van der Waals surface area contributed by atoms with E-state index < -0.39 is 0 Å². The maximum Gasteiger partial charge on any atom is 2.00 e. The van der Waals surface area contributed by atoms with Gasteiger partial charge in [0.05, 0.1) is 0 Å². The Morgan fingerprint density at radius 2 is 1.27 bits per heavy atom. The predicted molar refractivity (Wildman–Crippen MR) is 62.8 cm³/mol. The molecule has 2 rings (SSSR count). The number of hydrogen-bond acceptors (Lipinski definition) is 0. The molecule has 0 heterocycles. The first kappa shape index (κ1) is 14.2. The monoisotopic (exact) mass is 242 g/mol.